The maximum absolute atomic E-state index is 5.57. The Hall–Kier alpha value is -0.340. The molecule has 0 aromatic carbocycles. The number of hydrogen-bond donors (Lipinski definition) is 1. The van der Waals surface area contributed by atoms with Crippen LogP contribution >= 0.6 is 0 Å². The first kappa shape index (κ1) is 12.7. The van der Waals surface area contributed by atoms with Crippen LogP contribution in [0.25, 0.3) is 0 Å². The fraction of sp³-hybridized carbons (Fsp3) is 0.846. The largest absolute Gasteiger partial charge is 0.327 e. The molecule has 1 saturated carbocycles. The highest BCUT2D eigenvalue weighted by Crippen LogP contribution is 2.36. The molecule has 0 spiro atoms. The summed E-state index contributed by atoms with van der Waals surface area (Å²) >= 11 is 0. The molecule has 2 heteroatoms. The number of likely N-dealkylation sites (N-methyl/N-ethyl adjacent to an activating group) is 1. The van der Waals surface area contributed by atoms with Crippen molar-refractivity contribution in [2.24, 2.45) is 11.1 Å². The van der Waals surface area contributed by atoms with Gasteiger partial charge in [-0.3, -0.25) is 4.90 Å². The van der Waals surface area contributed by atoms with Crippen molar-refractivity contribution in [3.63, 3.8) is 0 Å². The highest BCUT2D eigenvalue weighted by molar-refractivity contribution is 4.99. The van der Waals surface area contributed by atoms with Crippen molar-refractivity contribution in [2.75, 3.05) is 20.1 Å². The SMILES string of the molecule is C=C(CN)CN(C)C1CCC(C)(C)CC1. The van der Waals surface area contributed by atoms with Crippen molar-refractivity contribution in [1.29, 1.82) is 0 Å². The van der Waals surface area contributed by atoms with Crippen LogP contribution in [0.1, 0.15) is 39.5 Å². The first-order valence-electron chi connectivity index (χ1n) is 6.01. The second-order valence-corrected chi connectivity index (χ2v) is 5.76. The number of nitrogens with zero attached hydrogens (tertiary/aromatic N) is 1. The van der Waals surface area contributed by atoms with Crippen molar-refractivity contribution in [3.8, 4) is 0 Å². The monoisotopic (exact) mass is 210 g/mol. The molecule has 0 heterocycles. The molecule has 15 heavy (non-hydrogen) atoms. The van der Waals surface area contributed by atoms with Gasteiger partial charge >= 0.3 is 0 Å². The molecule has 0 unspecified atom stereocenters. The normalized spacial score (nSPS) is 21.9. The molecule has 0 aromatic rings. The van der Waals surface area contributed by atoms with Crippen molar-refractivity contribution < 1.29 is 0 Å². The van der Waals surface area contributed by atoms with Gasteiger partial charge in [0.1, 0.15) is 0 Å². The molecule has 2 N–H and O–H groups in total. The number of nitrogens with two attached hydrogens (primary N) is 1. The smallest absolute Gasteiger partial charge is 0.0202 e. The van der Waals surface area contributed by atoms with Crippen LogP contribution in [0.3, 0.4) is 0 Å². The lowest BCUT2D eigenvalue weighted by atomic mass is 9.75. The molecular weight excluding hydrogens is 184 g/mol. The lowest BCUT2D eigenvalue weighted by Crippen LogP contribution is -2.38. The van der Waals surface area contributed by atoms with Gasteiger partial charge in [0, 0.05) is 19.1 Å². The summed E-state index contributed by atoms with van der Waals surface area (Å²) in [5.74, 6) is 0. The molecule has 0 aromatic heterocycles. The van der Waals surface area contributed by atoms with Crippen LogP contribution in [0, 0.1) is 5.41 Å². The van der Waals surface area contributed by atoms with E-state index in [1.165, 1.54) is 25.7 Å². The predicted molar refractivity (Wildman–Crippen MR) is 66.9 cm³/mol. The van der Waals surface area contributed by atoms with E-state index in [-0.39, 0.29) is 0 Å². The molecule has 0 amide bonds. The summed E-state index contributed by atoms with van der Waals surface area (Å²) in [7, 11) is 2.20. The minimum absolute atomic E-state index is 0.558. The average Bonchev–Trinajstić information content (AvgIpc) is 2.17. The molecule has 0 aliphatic heterocycles. The zero-order chi connectivity index (χ0) is 11.5. The van der Waals surface area contributed by atoms with Crippen molar-refractivity contribution in [2.45, 2.75) is 45.6 Å². The van der Waals surface area contributed by atoms with Crippen molar-refractivity contribution in [1.82, 2.24) is 4.90 Å². The highest BCUT2D eigenvalue weighted by atomic mass is 15.1. The van der Waals surface area contributed by atoms with Crippen LogP contribution in [0.4, 0.5) is 0 Å². The summed E-state index contributed by atoms with van der Waals surface area (Å²) in [5.41, 5.74) is 7.27. The Morgan fingerprint density at radius 3 is 2.40 bits per heavy atom. The summed E-state index contributed by atoms with van der Waals surface area (Å²) in [6, 6.07) is 0.737. The van der Waals surface area contributed by atoms with E-state index in [4.69, 9.17) is 5.73 Å². The van der Waals surface area contributed by atoms with E-state index >= 15 is 0 Å². The van der Waals surface area contributed by atoms with Gasteiger partial charge in [-0.05, 0) is 43.7 Å². The summed E-state index contributed by atoms with van der Waals surface area (Å²) in [5, 5.41) is 0. The molecule has 1 aliphatic rings. The maximum Gasteiger partial charge on any atom is 0.0202 e. The summed E-state index contributed by atoms with van der Waals surface area (Å²) in [6.45, 7) is 10.3. The number of rotatable bonds is 4. The van der Waals surface area contributed by atoms with Gasteiger partial charge in [0.05, 0.1) is 0 Å². The molecule has 1 rings (SSSR count). The zero-order valence-electron chi connectivity index (χ0n) is 10.6. The first-order valence-corrected chi connectivity index (χ1v) is 6.01. The van der Waals surface area contributed by atoms with Gasteiger partial charge in [0.15, 0.2) is 0 Å². The standard InChI is InChI=1S/C13H26N2/c1-11(9-14)10-15(4)12-5-7-13(2,3)8-6-12/h12H,1,5-10,14H2,2-4H3. The van der Waals surface area contributed by atoms with E-state index in [0.717, 1.165) is 18.2 Å². The maximum atomic E-state index is 5.57. The summed E-state index contributed by atoms with van der Waals surface area (Å²) in [4.78, 5) is 2.42. The second-order valence-electron chi connectivity index (χ2n) is 5.76. The third-order valence-electron chi connectivity index (χ3n) is 3.69. The fourth-order valence-corrected chi connectivity index (χ4v) is 2.37. The lowest BCUT2D eigenvalue weighted by molar-refractivity contribution is 0.134. The topological polar surface area (TPSA) is 29.3 Å². The van der Waals surface area contributed by atoms with Gasteiger partial charge in [0.2, 0.25) is 0 Å². The quantitative estimate of drug-likeness (QED) is 0.722. The molecule has 0 bridgehead atoms. The Balaban J connectivity index is 2.36. The molecular formula is C13H26N2. The molecule has 0 saturated heterocycles. The van der Waals surface area contributed by atoms with E-state index in [9.17, 15) is 0 Å². The van der Waals surface area contributed by atoms with Crippen LogP contribution in [-0.4, -0.2) is 31.1 Å². The van der Waals surface area contributed by atoms with Gasteiger partial charge in [0.25, 0.3) is 0 Å². The minimum Gasteiger partial charge on any atom is -0.327 e. The van der Waals surface area contributed by atoms with Crippen LogP contribution in [0.15, 0.2) is 12.2 Å². The molecule has 1 fully saturated rings. The van der Waals surface area contributed by atoms with Gasteiger partial charge < -0.3 is 5.73 Å². The van der Waals surface area contributed by atoms with Crippen molar-refractivity contribution in [3.05, 3.63) is 12.2 Å². The van der Waals surface area contributed by atoms with Crippen LogP contribution in [0.5, 0.6) is 0 Å². The van der Waals surface area contributed by atoms with Crippen molar-refractivity contribution >= 4 is 0 Å². The third-order valence-corrected chi connectivity index (χ3v) is 3.69. The Kier molecular flexibility index (Phi) is 4.35. The molecule has 2 nitrogen and oxygen atoms in total. The van der Waals surface area contributed by atoms with Crippen LogP contribution in [0.2, 0.25) is 0 Å². The molecule has 0 atom stereocenters. The second kappa shape index (κ2) is 5.13. The Labute approximate surface area is 94.5 Å². The molecule has 88 valence electrons. The molecule has 0 radical (unpaired) electrons. The lowest BCUT2D eigenvalue weighted by Gasteiger charge is -2.38. The summed E-state index contributed by atoms with van der Waals surface area (Å²) in [6.07, 6.45) is 5.33. The zero-order valence-corrected chi connectivity index (χ0v) is 10.6. The van der Waals surface area contributed by atoms with Gasteiger partial charge in [-0.2, -0.15) is 0 Å². The minimum atomic E-state index is 0.558. The Morgan fingerprint density at radius 2 is 1.93 bits per heavy atom. The predicted octanol–water partition coefficient (Wildman–Crippen LogP) is 2.40. The Bertz CT molecular complexity index is 211. The van der Waals surface area contributed by atoms with E-state index in [0.29, 0.717) is 12.0 Å². The average molecular weight is 210 g/mol. The van der Waals surface area contributed by atoms with Gasteiger partial charge in [-0.1, -0.05) is 20.4 Å². The van der Waals surface area contributed by atoms with E-state index in [1.807, 2.05) is 0 Å². The van der Waals surface area contributed by atoms with Gasteiger partial charge in [-0.15, -0.1) is 0 Å². The van der Waals surface area contributed by atoms with Crippen LogP contribution < -0.4 is 5.73 Å². The Morgan fingerprint density at radius 1 is 1.40 bits per heavy atom. The number of hydrogen-bond acceptors (Lipinski definition) is 2. The van der Waals surface area contributed by atoms with E-state index in [2.05, 4.69) is 32.4 Å². The fourth-order valence-electron chi connectivity index (χ4n) is 2.37. The highest BCUT2D eigenvalue weighted by Gasteiger charge is 2.28. The van der Waals surface area contributed by atoms with E-state index < -0.39 is 0 Å². The van der Waals surface area contributed by atoms with Gasteiger partial charge in [-0.25, -0.2) is 0 Å². The van der Waals surface area contributed by atoms with Crippen LogP contribution in [-0.2, 0) is 0 Å². The third kappa shape index (κ3) is 3.96. The summed E-state index contributed by atoms with van der Waals surface area (Å²) < 4.78 is 0. The van der Waals surface area contributed by atoms with E-state index in [1.54, 1.807) is 0 Å². The molecule has 1 aliphatic carbocycles. The first-order chi connectivity index (χ1) is 6.94.